The number of rotatable bonds is 4. The molecule has 21 heavy (non-hydrogen) atoms. The summed E-state index contributed by atoms with van der Waals surface area (Å²) in [7, 11) is 0. The molecule has 1 aliphatic heterocycles. The van der Waals surface area contributed by atoms with Crippen molar-refractivity contribution in [1.29, 1.82) is 0 Å². The van der Waals surface area contributed by atoms with E-state index in [9.17, 15) is 0 Å². The van der Waals surface area contributed by atoms with Gasteiger partial charge < -0.3 is 10.1 Å². The smallest absolute Gasteiger partial charge is 0.123 e. The first-order valence-corrected chi connectivity index (χ1v) is 8.70. The Hall–Kier alpha value is -0.840. The van der Waals surface area contributed by atoms with Crippen molar-refractivity contribution in [2.75, 3.05) is 6.54 Å². The molecule has 0 radical (unpaired) electrons. The van der Waals surface area contributed by atoms with Crippen LogP contribution in [0.4, 0.5) is 0 Å². The topological polar surface area (TPSA) is 21.3 Å². The maximum Gasteiger partial charge on any atom is 0.123 e. The van der Waals surface area contributed by atoms with Crippen LogP contribution >= 0.6 is 31.9 Å². The zero-order valence-electron chi connectivity index (χ0n) is 11.8. The fourth-order valence-corrected chi connectivity index (χ4v) is 3.68. The summed E-state index contributed by atoms with van der Waals surface area (Å²) >= 11 is 7.23. The van der Waals surface area contributed by atoms with Crippen molar-refractivity contribution in [2.45, 2.75) is 25.5 Å². The largest absolute Gasteiger partial charge is 0.488 e. The molecule has 1 heterocycles. The molecule has 1 N–H and O–H groups in total. The zero-order chi connectivity index (χ0) is 14.8. The van der Waals surface area contributed by atoms with Crippen molar-refractivity contribution < 1.29 is 4.74 Å². The fourth-order valence-electron chi connectivity index (χ4n) is 2.81. The molecule has 0 aliphatic carbocycles. The van der Waals surface area contributed by atoms with E-state index in [0.717, 1.165) is 27.7 Å². The van der Waals surface area contributed by atoms with Crippen molar-refractivity contribution in [2.24, 2.45) is 0 Å². The van der Waals surface area contributed by atoms with E-state index in [1.807, 2.05) is 18.2 Å². The summed E-state index contributed by atoms with van der Waals surface area (Å²) in [6.07, 6.45) is 1.06. The predicted molar refractivity (Wildman–Crippen MR) is 92.8 cm³/mol. The average Bonchev–Trinajstić information content (AvgIpc) is 2.91. The zero-order valence-corrected chi connectivity index (χ0v) is 14.9. The van der Waals surface area contributed by atoms with Gasteiger partial charge >= 0.3 is 0 Å². The van der Waals surface area contributed by atoms with Crippen molar-refractivity contribution in [1.82, 2.24) is 5.32 Å². The first kappa shape index (κ1) is 15.1. The van der Waals surface area contributed by atoms with Gasteiger partial charge in [-0.3, -0.25) is 0 Å². The summed E-state index contributed by atoms with van der Waals surface area (Å²) < 4.78 is 8.36. The number of para-hydroxylation sites is 1. The first-order valence-electron chi connectivity index (χ1n) is 7.12. The lowest BCUT2D eigenvalue weighted by molar-refractivity contribution is 0.179. The third kappa shape index (κ3) is 3.17. The lowest BCUT2D eigenvalue weighted by Gasteiger charge is -2.25. The van der Waals surface area contributed by atoms with Crippen LogP contribution in [0.1, 0.15) is 24.1 Å². The Kier molecular flexibility index (Phi) is 4.67. The Morgan fingerprint density at radius 2 is 2.05 bits per heavy atom. The van der Waals surface area contributed by atoms with E-state index in [4.69, 9.17) is 4.74 Å². The number of benzene rings is 2. The number of hydrogen-bond acceptors (Lipinski definition) is 2. The Morgan fingerprint density at radius 3 is 2.81 bits per heavy atom. The molecule has 1 aliphatic rings. The second-order valence-corrected chi connectivity index (χ2v) is 6.94. The van der Waals surface area contributed by atoms with Crippen LogP contribution in [0, 0.1) is 0 Å². The summed E-state index contributed by atoms with van der Waals surface area (Å²) in [4.78, 5) is 0. The van der Waals surface area contributed by atoms with Gasteiger partial charge in [-0.25, -0.2) is 0 Å². The molecule has 110 valence electrons. The third-order valence-electron chi connectivity index (χ3n) is 3.76. The number of fused-ring (bicyclic) bond motifs is 1. The van der Waals surface area contributed by atoms with Gasteiger partial charge in [0.1, 0.15) is 11.9 Å². The van der Waals surface area contributed by atoms with Gasteiger partial charge in [0.2, 0.25) is 0 Å². The van der Waals surface area contributed by atoms with Gasteiger partial charge in [0.15, 0.2) is 0 Å². The normalized spacial score (nSPS) is 18.1. The number of halogens is 2. The molecule has 0 spiro atoms. The number of nitrogens with one attached hydrogen (secondary N) is 1. The van der Waals surface area contributed by atoms with Crippen LogP contribution in [0.2, 0.25) is 0 Å². The molecule has 2 nitrogen and oxygen atoms in total. The summed E-state index contributed by atoms with van der Waals surface area (Å²) in [6.45, 7) is 3.03. The van der Waals surface area contributed by atoms with Crippen LogP contribution < -0.4 is 10.1 Å². The highest BCUT2D eigenvalue weighted by atomic mass is 79.9. The standard InChI is InChI=1S/C17H17Br2NO/c1-2-20-17(13-10-12(18)7-8-14(13)19)16-9-11-5-3-4-6-15(11)21-16/h3-8,10,16-17,20H,2,9H2,1H3. The molecule has 2 atom stereocenters. The molecular formula is C17H17Br2NO. The minimum Gasteiger partial charge on any atom is -0.488 e. The minimum atomic E-state index is 0.118. The van der Waals surface area contributed by atoms with E-state index in [1.165, 1.54) is 11.1 Å². The SMILES string of the molecule is CCNC(c1cc(Br)ccc1Br)C1Cc2ccccc2O1. The Balaban J connectivity index is 1.91. The average molecular weight is 411 g/mol. The second kappa shape index (κ2) is 6.51. The van der Waals surface area contributed by atoms with Crippen molar-refractivity contribution in [3.8, 4) is 5.75 Å². The van der Waals surface area contributed by atoms with E-state index in [0.29, 0.717) is 0 Å². The maximum atomic E-state index is 6.17. The highest BCUT2D eigenvalue weighted by Crippen LogP contribution is 2.37. The van der Waals surface area contributed by atoms with E-state index in [2.05, 4.69) is 68.4 Å². The van der Waals surface area contributed by atoms with Gasteiger partial charge in [-0.05, 0) is 41.9 Å². The number of ether oxygens (including phenoxy) is 1. The van der Waals surface area contributed by atoms with Gasteiger partial charge in [0.05, 0.1) is 6.04 Å². The highest BCUT2D eigenvalue weighted by Gasteiger charge is 2.31. The lowest BCUT2D eigenvalue weighted by Crippen LogP contribution is -2.35. The van der Waals surface area contributed by atoms with Crippen LogP contribution in [0.15, 0.2) is 51.4 Å². The molecule has 2 aromatic rings. The molecule has 0 bridgehead atoms. The molecule has 0 aromatic heterocycles. The lowest BCUT2D eigenvalue weighted by atomic mass is 9.97. The van der Waals surface area contributed by atoms with E-state index >= 15 is 0 Å². The number of likely N-dealkylation sites (N-methyl/N-ethyl adjacent to an activating group) is 1. The number of hydrogen-bond donors (Lipinski definition) is 1. The molecule has 0 saturated carbocycles. The van der Waals surface area contributed by atoms with Crippen LogP contribution in [-0.2, 0) is 6.42 Å². The van der Waals surface area contributed by atoms with E-state index < -0.39 is 0 Å². The van der Waals surface area contributed by atoms with E-state index in [-0.39, 0.29) is 12.1 Å². The van der Waals surface area contributed by atoms with Crippen molar-refractivity contribution >= 4 is 31.9 Å². The van der Waals surface area contributed by atoms with Gasteiger partial charge in [0.25, 0.3) is 0 Å². The molecule has 4 heteroatoms. The Labute approximate surface area is 142 Å². The molecule has 0 fully saturated rings. The molecule has 2 unspecified atom stereocenters. The van der Waals surface area contributed by atoms with Gasteiger partial charge in [-0.2, -0.15) is 0 Å². The summed E-state index contributed by atoms with van der Waals surface area (Å²) in [5, 5.41) is 3.57. The Bertz CT molecular complexity index is 619. The highest BCUT2D eigenvalue weighted by molar-refractivity contribution is 9.11. The minimum absolute atomic E-state index is 0.118. The second-order valence-electron chi connectivity index (χ2n) is 5.17. The predicted octanol–water partition coefficient (Wildman–Crippen LogP) is 4.87. The summed E-state index contributed by atoms with van der Waals surface area (Å²) in [6, 6.07) is 14.7. The molecule has 2 aromatic carbocycles. The van der Waals surface area contributed by atoms with Crippen LogP contribution in [0.25, 0.3) is 0 Å². The quantitative estimate of drug-likeness (QED) is 0.776. The summed E-state index contributed by atoms with van der Waals surface area (Å²) in [5.74, 6) is 1.01. The van der Waals surface area contributed by atoms with Crippen molar-refractivity contribution in [3.63, 3.8) is 0 Å². The van der Waals surface area contributed by atoms with Gasteiger partial charge in [-0.15, -0.1) is 0 Å². The van der Waals surface area contributed by atoms with Crippen LogP contribution in [0.3, 0.4) is 0 Å². The molecular weight excluding hydrogens is 394 g/mol. The van der Waals surface area contributed by atoms with Gasteiger partial charge in [0, 0.05) is 15.4 Å². The fraction of sp³-hybridized carbons (Fsp3) is 0.294. The molecule has 3 rings (SSSR count). The van der Waals surface area contributed by atoms with E-state index in [1.54, 1.807) is 0 Å². The third-order valence-corrected chi connectivity index (χ3v) is 4.98. The molecule has 0 saturated heterocycles. The first-order chi connectivity index (χ1) is 10.2. The summed E-state index contributed by atoms with van der Waals surface area (Å²) in [5.41, 5.74) is 2.51. The van der Waals surface area contributed by atoms with Gasteiger partial charge in [-0.1, -0.05) is 57.0 Å². The molecule has 0 amide bonds. The Morgan fingerprint density at radius 1 is 1.24 bits per heavy atom. The van der Waals surface area contributed by atoms with Crippen LogP contribution in [-0.4, -0.2) is 12.6 Å². The van der Waals surface area contributed by atoms with Crippen LogP contribution in [0.5, 0.6) is 5.75 Å². The maximum absolute atomic E-state index is 6.17. The monoisotopic (exact) mass is 409 g/mol. The van der Waals surface area contributed by atoms with Crippen molar-refractivity contribution in [3.05, 3.63) is 62.5 Å².